The predicted molar refractivity (Wildman–Crippen MR) is 114 cm³/mol. The fourth-order valence-electron chi connectivity index (χ4n) is 4.36. The number of fused-ring (bicyclic) bond motifs is 3. The number of benzene rings is 1. The minimum absolute atomic E-state index is 0.518. The van der Waals surface area contributed by atoms with Gasteiger partial charge < -0.3 is 20.5 Å². The molecule has 6 rings (SSSR count). The second kappa shape index (κ2) is 6.67. The van der Waals surface area contributed by atoms with Crippen molar-refractivity contribution in [3.05, 3.63) is 40.8 Å². The van der Waals surface area contributed by atoms with Crippen LogP contribution in [0.3, 0.4) is 0 Å². The van der Waals surface area contributed by atoms with E-state index in [1.54, 1.807) is 10.7 Å². The maximum atomic E-state index is 4.81. The van der Waals surface area contributed by atoms with Crippen molar-refractivity contribution in [2.75, 3.05) is 29.9 Å². The second-order valence-electron chi connectivity index (χ2n) is 7.64. The van der Waals surface area contributed by atoms with Crippen molar-refractivity contribution in [2.45, 2.75) is 19.0 Å². The van der Waals surface area contributed by atoms with Crippen LogP contribution in [-0.2, 0) is 6.54 Å². The lowest BCUT2D eigenvalue weighted by Crippen LogP contribution is -2.31. The average Bonchev–Trinajstić information content (AvgIpc) is 3.48. The number of hydrogen-bond donors (Lipinski definition) is 3. The third-order valence-electron chi connectivity index (χ3n) is 5.81. The number of para-hydroxylation sites is 2. The van der Waals surface area contributed by atoms with E-state index in [4.69, 9.17) is 9.97 Å². The third-order valence-corrected chi connectivity index (χ3v) is 6.37. The Labute approximate surface area is 175 Å². The summed E-state index contributed by atoms with van der Waals surface area (Å²) in [5.41, 5.74) is 2.73. The molecule has 2 aliphatic rings. The van der Waals surface area contributed by atoms with Crippen LogP contribution >= 0.6 is 15.9 Å². The van der Waals surface area contributed by atoms with E-state index < -0.39 is 0 Å². The minimum atomic E-state index is 0.518. The monoisotopic (exact) mass is 453 g/mol. The first kappa shape index (κ1) is 17.2. The van der Waals surface area contributed by atoms with E-state index >= 15 is 0 Å². The van der Waals surface area contributed by atoms with Gasteiger partial charge in [0.1, 0.15) is 5.82 Å². The van der Waals surface area contributed by atoms with Crippen LogP contribution < -0.4 is 15.5 Å². The molecule has 29 heavy (non-hydrogen) atoms. The smallest absolute Gasteiger partial charge is 0.230 e. The summed E-state index contributed by atoms with van der Waals surface area (Å²) in [4.78, 5) is 19.8. The van der Waals surface area contributed by atoms with E-state index in [2.05, 4.69) is 46.5 Å². The van der Waals surface area contributed by atoms with E-state index in [9.17, 15) is 0 Å². The summed E-state index contributed by atoms with van der Waals surface area (Å²) in [5, 5.41) is 11.4. The molecule has 4 aromatic rings. The van der Waals surface area contributed by atoms with Gasteiger partial charge in [-0.15, -0.1) is 0 Å². The average molecular weight is 454 g/mol. The van der Waals surface area contributed by atoms with Crippen LogP contribution in [0.5, 0.6) is 0 Å². The van der Waals surface area contributed by atoms with Gasteiger partial charge in [-0.25, -0.2) is 4.98 Å². The Bertz CT molecular complexity index is 1150. The first-order valence-corrected chi connectivity index (χ1v) is 10.6. The molecule has 0 bridgehead atoms. The Morgan fingerprint density at radius 2 is 2.10 bits per heavy atom. The summed E-state index contributed by atoms with van der Waals surface area (Å²) in [6, 6.07) is 8.55. The van der Waals surface area contributed by atoms with E-state index in [0.29, 0.717) is 24.5 Å². The molecule has 2 unspecified atom stereocenters. The van der Waals surface area contributed by atoms with Crippen LogP contribution in [-0.4, -0.2) is 55.2 Å². The molecule has 0 radical (unpaired) electrons. The zero-order valence-electron chi connectivity index (χ0n) is 15.6. The number of imidazole rings is 1. The fraction of sp³-hybridized carbons (Fsp3) is 0.368. The molecule has 2 aliphatic heterocycles. The van der Waals surface area contributed by atoms with Crippen LogP contribution in [0.1, 0.15) is 12.2 Å². The number of H-pyrrole nitrogens is 1. The summed E-state index contributed by atoms with van der Waals surface area (Å²) in [5.74, 6) is 2.92. The fourth-order valence-corrected chi connectivity index (χ4v) is 4.71. The lowest BCUT2D eigenvalue weighted by molar-refractivity contribution is 0.556. The molecular weight excluding hydrogens is 434 g/mol. The highest BCUT2D eigenvalue weighted by Crippen LogP contribution is 2.29. The first-order valence-electron chi connectivity index (χ1n) is 9.82. The third kappa shape index (κ3) is 2.94. The van der Waals surface area contributed by atoms with Crippen molar-refractivity contribution < 1.29 is 0 Å². The molecular formula is C19H20BrN9. The van der Waals surface area contributed by atoms with Crippen molar-refractivity contribution in [1.82, 2.24) is 34.9 Å². The molecule has 2 fully saturated rings. The lowest BCUT2D eigenvalue weighted by atomic mass is 10.1. The minimum Gasteiger partial charge on any atom is -0.347 e. The highest BCUT2D eigenvalue weighted by molar-refractivity contribution is 9.10. The van der Waals surface area contributed by atoms with Gasteiger partial charge in [0.15, 0.2) is 5.65 Å². The summed E-state index contributed by atoms with van der Waals surface area (Å²) in [7, 11) is 0. The molecule has 148 valence electrons. The molecule has 1 aromatic carbocycles. The quantitative estimate of drug-likeness (QED) is 0.435. The highest BCUT2D eigenvalue weighted by atomic mass is 79.9. The number of nitrogens with zero attached hydrogens (tertiary/aromatic N) is 6. The first-order chi connectivity index (χ1) is 14.2. The molecule has 0 saturated carbocycles. The van der Waals surface area contributed by atoms with E-state index in [1.165, 1.54) is 6.42 Å². The van der Waals surface area contributed by atoms with Crippen molar-refractivity contribution in [2.24, 2.45) is 5.92 Å². The predicted octanol–water partition coefficient (Wildman–Crippen LogP) is 2.17. The number of halogens is 1. The van der Waals surface area contributed by atoms with Crippen LogP contribution in [0.15, 0.2) is 34.9 Å². The number of nitrogens with one attached hydrogen (secondary N) is 3. The van der Waals surface area contributed by atoms with Gasteiger partial charge in [-0.3, -0.25) is 0 Å². The summed E-state index contributed by atoms with van der Waals surface area (Å²) >= 11 is 3.56. The van der Waals surface area contributed by atoms with Gasteiger partial charge in [-0.05, 0) is 46.9 Å². The van der Waals surface area contributed by atoms with Gasteiger partial charge >= 0.3 is 0 Å². The Kier molecular flexibility index (Phi) is 3.95. The Morgan fingerprint density at radius 3 is 3.00 bits per heavy atom. The molecule has 2 atom stereocenters. The zero-order valence-corrected chi connectivity index (χ0v) is 17.2. The standard InChI is InChI=1S/C19H20BrN9/c20-12-7-23-29-17(12)26-19(28-9-11-5-6-21-15(11)10-28)27-18(29)22-8-16-24-13-3-1-2-4-14(13)25-16/h1-4,7,11,15,21H,5-6,8-10H2,(H,24,25)(H,22,26,27). The molecule has 0 spiro atoms. The summed E-state index contributed by atoms with van der Waals surface area (Å²) in [6.07, 6.45) is 2.97. The lowest BCUT2D eigenvalue weighted by Gasteiger charge is -2.18. The van der Waals surface area contributed by atoms with Crippen molar-refractivity contribution in [3.63, 3.8) is 0 Å². The van der Waals surface area contributed by atoms with Gasteiger partial charge in [-0.2, -0.15) is 19.6 Å². The molecule has 9 nitrogen and oxygen atoms in total. The Hall–Kier alpha value is -2.72. The van der Waals surface area contributed by atoms with Crippen LogP contribution in [0, 0.1) is 5.92 Å². The summed E-state index contributed by atoms with van der Waals surface area (Å²) in [6.45, 7) is 3.56. The van der Waals surface area contributed by atoms with Gasteiger partial charge in [0.05, 0.1) is 28.2 Å². The van der Waals surface area contributed by atoms with Crippen LogP contribution in [0.2, 0.25) is 0 Å². The molecule has 0 aliphatic carbocycles. The van der Waals surface area contributed by atoms with Gasteiger partial charge in [0.2, 0.25) is 11.9 Å². The molecule has 0 amide bonds. The van der Waals surface area contributed by atoms with Crippen molar-refractivity contribution in [3.8, 4) is 0 Å². The topological polar surface area (TPSA) is 99.1 Å². The number of hydrogen-bond acceptors (Lipinski definition) is 7. The van der Waals surface area contributed by atoms with E-state index in [0.717, 1.165) is 52.6 Å². The van der Waals surface area contributed by atoms with Crippen molar-refractivity contribution in [1.29, 1.82) is 0 Å². The van der Waals surface area contributed by atoms with Crippen LogP contribution in [0.4, 0.5) is 11.9 Å². The summed E-state index contributed by atoms with van der Waals surface area (Å²) < 4.78 is 2.58. The maximum Gasteiger partial charge on any atom is 0.230 e. The molecule has 3 aromatic heterocycles. The molecule has 10 heteroatoms. The Balaban J connectivity index is 1.31. The van der Waals surface area contributed by atoms with Crippen LogP contribution in [0.25, 0.3) is 16.7 Å². The SMILES string of the molecule is Brc1cnn2c(NCc3nc4ccccc4[nH]3)nc(N3CC4CCNC4C3)nc12. The number of anilines is 2. The number of aromatic nitrogens is 6. The largest absolute Gasteiger partial charge is 0.347 e. The van der Waals surface area contributed by atoms with Gasteiger partial charge in [0.25, 0.3) is 0 Å². The van der Waals surface area contributed by atoms with Gasteiger partial charge in [0, 0.05) is 19.1 Å². The van der Waals surface area contributed by atoms with E-state index in [1.807, 2.05) is 24.3 Å². The normalized spacial score (nSPS) is 21.3. The molecule has 2 saturated heterocycles. The maximum absolute atomic E-state index is 4.81. The Morgan fingerprint density at radius 1 is 1.17 bits per heavy atom. The number of rotatable bonds is 4. The highest BCUT2D eigenvalue weighted by Gasteiger charge is 2.37. The number of aromatic amines is 1. The van der Waals surface area contributed by atoms with E-state index in [-0.39, 0.29) is 0 Å². The molecule has 3 N–H and O–H groups in total. The van der Waals surface area contributed by atoms with Crippen molar-refractivity contribution >= 4 is 44.5 Å². The van der Waals surface area contributed by atoms with Gasteiger partial charge in [-0.1, -0.05) is 12.1 Å². The molecule has 5 heterocycles. The second-order valence-corrected chi connectivity index (χ2v) is 8.50. The zero-order chi connectivity index (χ0) is 19.4.